The van der Waals surface area contributed by atoms with Gasteiger partial charge in [0.1, 0.15) is 12.1 Å². The number of aromatic nitrogens is 4. The molecule has 2 N–H and O–H groups in total. The molecule has 14 heavy (non-hydrogen) atoms. The zero-order valence-corrected chi connectivity index (χ0v) is 7.68. The van der Waals surface area contributed by atoms with E-state index in [1.54, 1.807) is 12.3 Å². The van der Waals surface area contributed by atoms with Gasteiger partial charge in [-0.15, -0.1) is 0 Å². The van der Waals surface area contributed by atoms with Crippen LogP contribution in [0.5, 0.6) is 0 Å². The van der Waals surface area contributed by atoms with Crippen LogP contribution in [-0.2, 0) is 0 Å². The van der Waals surface area contributed by atoms with Crippen LogP contribution in [0.3, 0.4) is 0 Å². The summed E-state index contributed by atoms with van der Waals surface area (Å²) in [5.41, 5.74) is 8.05. The van der Waals surface area contributed by atoms with Crippen LogP contribution in [0.1, 0.15) is 5.69 Å². The first-order valence-corrected chi connectivity index (χ1v) is 4.13. The number of hydrogen-bond donors (Lipinski definition) is 1. The summed E-state index contributed by atoms with van der Waals surface area (Å²) in [6.07, 6.45) is 3.08. The number of hydrogen-bond acceptors (Lipinski definition) is 5. The summed E-state index contributed by atoms with van der Waals surface area (Å²) in [6, 6.07) is 3.60. The summed E-state index contributed by atoms with van der Waals surface area (Å²) in [4.78, 5) is 7.91. The molecule has 2 rings (SSSR count). The number of nitrogen functional groups attached to an aromatic ring is 1. The molecule has 0 aliphatic carbocycles. The van der Waals surface area contributed by atoms with E-state index in [-0.39, 0.29) is 0 Å². The second-order valence-corrected chi connectivity index (χ2v) is 2.91. The highest BCUT2D eigenvalue weighted by atomic mass is 15.1. The Labute approximate surface area is 81.0 Å². The van der Waals surface area contributed by atoms with Gasteiger partial charge in [0.2, 0.25) is 0 Å². The van der Waals surface area contributed by atoms with Crippen molar-refractivity contribution in [3.8, 4) is 11.3 Å². The van der Waals surface area contributed by atoms with Crippen LogP contribution in [0.4, 0.5) is 5.82 Å². The van der Waals surface area contributed by atoms with Crippen molar-refractivity contribution in [2.45, 2.75) is 6.92 Å². The van der Waals surface area contributed by atoms with Gasteiger partial charge in [0.05, 0.1) is 17.6 Å². The molecular weight excluding hydrogens is 178 g/mol. The maximum atomic E-state index is 5.55. The lowest BCUT2D eigenvalue weighted by Crippen LogP contribution is -1.94. The number of anilines is 1. The van der Waals surface area contributed by atoms with Crippen LogP contribution < -0.4 is 5.73 Å². The maximum absolute atomic E-state index is 5.55. The van der Waals surface area contributed by atoms with Gasteiger partial charge in [-0.3, -0.25) is 0 Å². The lowest BCUT2D eigenvalue weighted by atomic mass is 10.2. The highest BCUT2D eigenvalue weighted by Crippen LogP contribution is 2.16. The Morgan fingerprint density at radius 2 is 2.07 bits per heavy atom. The SMILES string of the molecule is Cc1cc(-c2cc(N)ncn2)cnn1. The largest absolute Gasteiger partial charge is 0.384 e. The molecular formula is C9H9N5. The number of rotatable bonds is 1. The van der Waals surface area contributed by atoms with Gasteiger partial charge in [-0.2, -0.15) is 10.2 Å². The Bertz CT molecular complexity index is 411. The molecule has 2 aromatic heterocycles. The number of nitrogens with zero attached hydrogens (tertiary/aromatic N) is 4. The summed E-state index contributed by atoms with van der Waals surface area (Å²) in [5, 5.41) is 7.70. The Kier molecular flexibility index (Phi) is 2.06. The molecule has 5 nitrogen and oxygen atoms in total. The second-order valence-electron chi connectivity index (χ2n) is 2.91. The molecule has 0 aromatic carbocycles. The molecule has 70 valence electrons. The molecule has 2 heterocycles. The predicted octanol–water partition coefficient (Wildman–Crippen LogP) is 0.824. The van der Waals surface area contributed by atoms with Crippen molar-refractivity contribution in [2.75, 3.05) is 5.73 Å². The van der Waals surface area contributed by atoms with Crippen molar-refractivity contribution < 1.29 is 0 Å². The monoisotopic (exact) mass is 187 g/mol. The smallest absolute Gasteiger partial charge is 0.127 e. The highest BCUT2D eigenvalue weighted by Gasteiger charge is 2.01. The van der Waals surface area contributed by atoms with Crippen molar-refractivity contribution in [1.29, 1.82) is 0 Å². The lowest BCUT2D eigenvalue weighted by Gasteiger charge is -2.00. The van der Waals surface area contributed by atoms with Gasteiger partial charge in [-0.05, 0) is 13.0 Å². The Balaban J connectivity index is 2.49. The Morgan fingerprint density at radius 1 is 1.21 bits per heavy atom. The van der Waals surface area contributed by atoms with Crippen LogP contribution >= 0.6 is 0 Å². The van der Waals surface area contributed by atoms with E-state index in [9.17, 15) is 0 Å². The van der Waals surface area contributed by atoms with Crippen molar-refractivity contribution in [3.05, 3.63) is 30.4 Å². The third-order valence-electron chi connectivity index (χ3n) is 1.76. The van der Waals surface area contributed by atoms with E-state index in [0.717, 1.165) is 17.0 Å². The second kappa shape index (κ2) is 3.37. The van der Waals surface area contributed by atoms with Crippen LogP contribution in [0, 0.1) is 6.92 Å². The standard InChI is InChI=1S/C9H9N5/c1-6-2-7(4-13-14-6)8-3-9(10)12-5-11-8/h2-5H,1H3,(H2,10,11,12). The molecule has 0 bridgehead atoms. The first kappa shape index (κ1) is 8.55. The van der Waals surface area contributed by atoms with Crippen molar-refractivity contribution >= 4 is 5.82 Å². The highest BCUT2D eigenvalue weighted by molar-refractivity contribution is 5.60. The predicted molar refractivity (Wildman–Crippen MR) is 52.2 cm³/mol. The zero-order valence-electron chi connectivity index (χ0n) is 7.68. The minimum Gasteiger partial charge on any atom is -0.384 e. The fourth-order valence-corrected chi connectivity index (χ4v) is 1.14. The van der Waals surface area contributed by atoms with E-state index in [1.165, 1.54) is 6.33 Å². The van der Waals surface area contributed by atoms with Gasteiger partial charge in [-0.25, -0.2) is 9.97 Å². The van der Waals surface area contributed by atoms with Gasteiger partial charge in [0.15, 0.2) is 0 Å². The van der Waals surface area contributed by atoms with Crippen LogP contribution in [0.25, 0.3) is 11.3 Å². The van der Waals surface area contributed by atoms with Gasteiger partial charge < -0.3 is 5.73 Å². The summed E-state index contributed by atoms with van der Waals surface area (Å²) in [7, 11) is 0. The van der Waals surface area contributed by atoms with E-state index < -0.39 is 0 Å². The average molecular weight is 187 g/mol. The molecule has 0 amide bonds. The molecule has 5 heteroatoms. The van der Waals surface area contributed by atoms with Crippen molar-refractivity contribution in [3.63, 3.8) is 0 Å². The fourth-order valence-electron chi connectivity index (χ4n) is 1.14. The average Bonchev–Trinajstić information content (AvgIpc) is 2.18. The van der Waals surface area contributed by atoms with Crippen LogP contribution in [0.15, 0.2) is 24.7 Å². The normalized spacial score (nSPS) is 10.1. The fraction of sp³-hybridized carbons (Fsp3) is 0.111. The van der Waals surface area contributed by atoms with E-state index >= 15 is 0 Å². The molecule has 0 spiro atoms. The van der Waals surface area contributed by atoms with E-state index in [4.69, 9.17) is 5.73 Å². The van der Waals surface area contributed by atoms with Gasteiger partial charge >= 0.3 is 0 Å². The summed E-state index contributed by atoms with van der Waals surface area (Å²) in [5.74, 6) is 0.449. The minimum atomic E-state index is 0.449. The van der Waals surface area contributed by atoms with Crippen LogP contribution in [0.2, 0.25) is 0 Å². The Hall–Kier alpha value is -2.04. The molecule has 0 atom stereocenters. The van der Waals surface area contributed by atoms with Crippen molar-refractivity contribution in [2.24, 2.45) is 0 Å². The summed E-state index contributed by atoms with van der Waals surface area (Å²) < 4.78 is 0. The molecule has 0 unspecified atom stereocenters. The van der Waals surface area contributed by atoms with Crippen molar-refractivity contribution in [1.82, 2.24) is 20.2 Å². The molecule has 0 saturated carbocycles. The molecule has 0 saturated heterocycles. The Morgan fingerprint density at radius 3 is 2.79 bits per heavy atom. The first-order valence-electron chi connectivity index (χ1n) is 4.13. The quantitative estimate of drug-likeness (QED) is 0.715. The van der Waals surface area contributed by atoms with E-state index in [1.807, 2.05) is 13.0 Å². The van der Waals surface area contributed by atoms with E-state index in [2.05, 4.69) is 20.2 Å². The molecule has 2 aromatic rings. The van der Waals surface area contributed by atoms with E-state index in [0.29, 0.717) is 5.82 Å². The summed E-state index contributed by atoms with van der Waals surface area (Å²) in [6.45, 7) is 1.88. The molecule has 0 fully saturated rings. The summed E-state index contributed by atoms with van der Waals surface area (Å²) >= 11 is 0. The molecule has 0 aliphatic heterocycles. The molecule has 0 aliphatic rings. The maximum Gasteiger partial charge on any atom is 0.127 e. The minimum absolute atomic E-state index is 0.449. The topological polar surface area (TPSA) is 77.6 Å². The number of nitrogens with two attached hydrogens (primary N) is 1. The van der Waals surface area contributed by atoms with Crippen LogP contribution in [-0.4, -0.2) is 20.2 Å². The van der Waals surface area contributed by atoms with Gasteiger partial charge in [0, 0.05) is 11.6 Å². The van der Waals surface area contributed by atoms with Gasteiger partial charge in [0.25, 0.3) is 0 Å². The molecule has 0 radical (unpaired) electrons. The lowest BCUT2D eigenvalue weighted by molar-refractivity contribution is 0.980. The first-order chi connectivity index (χ1) is 6.75. The third kappa shape index (κ3) is 1.66. The number of aryl methyl sites for hydroxylation is 1. The van der Waals surface area contributed by atoms with Gasteiger partial charge in [-0.1, -0.05) is 0 Å². The zero-order chi connectivity index (χ0) is 9.97. The third-order valence-corrected chi connectivity index (χ3v) is 1.76.